The fourth-order valence-electron chi connectivity index (χ4n) is 3.18. The molecule has 0 aliphatic carbocycles. The van der Waals surface area contributed by atoms with Gasteiger partial charge in [-0.15, -0.1) is 0 Å². The maximum Gasteiger partial charge on any atom is 0.0443 e. The Morgan fingerprint density at radius 2 is 2.14 bits per heavy atom. The van der Waals surface area contributed by atoms with Crippen LogP contribution in [0.5, 0.6) is 0 Å². The van der Waals surface area contributed by atoms with E-state index >= 15 is 0 Å². The van der Waals surface area contributed by atoms with Crippen LogP contribution in [0.25, 0.3) is 0 Å². The van der Waals surface area contributed by atoms with Gasteiger partial charge in [0.1, 0.15) is 0 Å². The van der Waals surface area contributed by atoms with Crippen LogP contribution in [0.15, 0.2) is 18.5 Å². The molecule has 1 atom stereocenters. The van der Waals surface area contributed by atoms with Crippen LogP contribution in [0, 0.1) is 0 Å². The highest BCUT2D eigenvalue weighted by Gasteiger charge is 2.27. The summed E-state index contributed by atoms with van der Waals surface area (Å²) in [4.78, 5) is 9.41. The summed E-state index contributed by atoms with van der Waals surface area (Å²) in [5, 5.41) is 3.50. The maximum atomic E-state index is 4.30. The molecule has 21 heavy (non-hydrogen) atoms. The third-order valence-corrected chi connectivity index (χ3v) is 4.41. The molecule has 1 aromatic rings. The predicted molar refractivity (Wildman–Crippen MR) is 89.8 cm³/mol. The van der Waals surface area contributed by atoms with E-state index in [2.05, 4.69) is 53.9 Å². The molecule has 2 rings (SSSR count). The molecule has 1 N–H and O–H groups in total. The summed E-state index contributed by atoms with van der Waals surface area (Å²) in [6.07, 6.45) is 5.19. The molecule has 1 aliphatic rings. The third kappa shape index (κ3) is 4.17. The number of nitrogens with one attached hydrogen (secondary N) is 1. The van der Waals surface area contributed by atoms with Gasteiger partial charge in [-0.1, -0.05) is 27.7 Å². The van der Waals surface area contributed by atoms with E-state index in [0.29, 0.717) is 12.1 Å². The summed E-state index contributed by atoms with van der Waals surface area (Å²) in [6.45, 7) is 14.4. The molecule has 4 heteroatoms. The number of hydrogen-bond donors (Lipinski definition) is 1. The van der Waals surface area contributed by atoms with E-state index in [9.17, 15) is 0 Å². The lowest BCUT2D eigenvalue weighted by molar-refractivity contribution is 0.232. The number of nitrogens with zero attached hydrogens (tertiary/aromatic N) is 3. The second-order valence-corrected chi connectivity index (χ2v) is 6.15. The average molecular weight is 290 g/mol. The Balaban J connectivity index is 2.05. The second kappa shape index (κ2) is 7.76. The Bertz CT molecular complexity index is 429. The molecule has 0 aromatic carbocycles. The summed E-state index contributed by atoms with van der Waals surface area (Å²) < 4.78 is 0. The smallest absolute Gasteiger partial charge is 0.0443 e. The SMILES string of the molecule is CCN(CC)C1CCN(c2ccncc2CNC(C)C)C1. The number of anilines is 1. The molecule has 1 aliphatic heterocycles. The van der Waals surface area contributed by atoms with Crippen LogP contribution < -0.4 is 10.2 Å². The van der Waals surface area contributed by atoms with Crippen LogP contribution in [0.4, 0.5) is 5.69 Å². The van der Waals surface area contributed by atoms with Crippen molar-refractivity contribution in [2.45, 2.75) is 52.7 Å². The van der Waals surface area contributed by atoms with Crippen molar-refractivity contribution in [2.24, 2.45) is 0 Å². The van der Waals surface area contributed by atoms with Crippen LogP contribution in [0.1, 0.15) is 39.7 Å². The molecule has 1 fully saturated rings. The van der Waals surface area contributed by atoms with Gasteiger partial charge in [0.2, 0.25) is 0 Å². The first-order valence-corrected chi connectivity index (χ1v) is 8.30. The Kier molecular flexibility index (Phi) is 6.00. The van der Waals surface area contributed by atoms with Gasteiger partial charge in [-0.05, 0) is 25.6 Å². The van der Waals surface area contributed by atoms with Crippen LogP contribution in [-0.2, 0) is 6.54 Å². The standard InChI is InChI=1S/C17H30N4/c1-5-20(6-2)16-8-10-21(13-16)17-7-9-18-11-15(17)12-19-14(3)4/h7,9,11,14,16,19H,5-6,8,10,12-13H2,1-4H3. The largest absolute Gasteiger partial charge is 0.370 e. The van der Waals surface area contributed by atoms with Crippen LogP contribution in [0.3, 0.4) is 0 Å². The second-order valence-electron chi connectivity index (χ2n) is 6.15. The van der Waals surface area contributed by atoms with E-state index in [1.165, 1.54) is 17.7 Å². The van der Waals surface area contributed by atoms with Gasteiger partial charge in [0.05, 0.1) is 0 Å². The zero-order valence-corrected chi connectivity index (χ0v) is 14.0. The van der Waals surface area contributed by atoms with Gasteiger partial charge in [-0.25, -0.2) is 0 Å². The summed E-state index contributed by atoms with van der Waals surface area (Å²) in [5.41, 5.74) is 2.67. The van der Waals surface area contributed by atoms with Gasteiger partial charge >= 0.3 is 0 Å². The van der Waals surface area contributed by atoms with Crippen molar-refractivity contribution in [3.05, 3.63) is 24.0 Å². The Morgan fingerprint density at radius 1 is 1.38 bits per heavy atom. The van der Waals surface area contributed by atoms with Gasteiger partial charge in [0, 0.05) is 55.4 Å². The number of hydrogen-bond acceptors (Lipinski definition) is 4. The van der Waals surface area contributed by atoms with Crippen molar-refractivity contribution >= 4 is 5.69 Å². The van der Waals surface area contributed by atoms with Gasteiger partial charge < -0.3 is 10.2 Å². The molecule has 118 valence electrons. The number of likely N-dealkylation sites (N-methyl/N-ethyl adjacent to an activating group) is 1. The summed E-state index contributed by atoms with van der Waals surface area (Å²) in [7, 11) is 0. The molecular formula is C17H30N4. The molecule has 0 amide bonds. The van der Waals surface area contributed by atoms with Crippen LogP contribution in [-0.4, -0.2) is 48.1 Å². The monoisotopic (exact) mass is 290 g/mol. The van der Waals surface area contributed by atoms with E-state index in [1.807, 2.05) is 12.4 Å². The third-order valence-electron chi connectivity index (χ3n) is 4.41. The van der Waals surface area contributed by atoms with Gasteiger partial charge in [0.15, 0.2) is 0 Å². The van der Waals surface area contributed by atoms with E-state index in [0.717, 1.165) is 32.7 Å². The topological polar surface area (TPSA) is 31.4 Å². The van der Waals surface area contributed by atoms with Crippen molar-refractivity contribution in [1.82, 2.24) is 15.2 Å². The molecule has 1 aromatic heterocycles. The Morgan fingerprint density at radius 3 is 2.81 bits per heavy atom. The average Bonchev–Trinajstić information content (AvgIpc) is 2.96. The normalized spacial score (nSPS) is 19.0. The quantitative estimate of drug-likeness (QED) is 0.836. The lowest BCUT2D eigenvalue weighted by Crippen LogP contribution is -2.37. The fourth-order valence-corrected chi connectivity index (χ4v) is 3.18. The first-order valence-electron chi connectivity index (χ1n) is 8.30. The molecule has 4 nitrogen and oxygen atoms in total. The summed E-state index contributed by atoms with van der Waals surface area (Å²) in [5.74, 6) is 0. The molecule has 0 saturated carbocycles. The number of rotatable bonds is 7. The molecule has 0 radical (unpaired) electrons. The highest BCUT2D eigenvalue weighted by Crippen LogP contribution is 2.26. The van der Waals surface area contributed by atoms with Gasteiger partial charge in [0.25, 0.3) is 0 Å². The molecule has 1 saturated heterocycles. The first-order chi connectivity index (χ1) is 10.2. The van der Waals surface area contributed by atoms with Crippen LogP contribution >= 0.6 is 0 Å². The highest BCUT2D eigenvalue weighted by molar-refractivity contribution is 5.53. The molecule has 1 unspecified atom stereocenters. The highest BCUT2D eigenvalue weighted by atomic mass is 15.3. The fraction of sp³-hybridized carbons (Fsp3) is 0.706. The van der Waals surface area contributed by atoms with E-state index in [4.69, 9.17) is 0 Å². The van der Waals surface area contributed by atoms with Gasteiger partial charge in [-0.2, -0.15) is 0 Å². The molecule has 0 bridgehead atoms. The van der Waals surface area contributed by atoms with Crippen molar-refractivity contribution in [3.63, 3.8) is 0 Å². The zero-order valence-electron chi connectivity index (χ0n) is 14.0. The van der Waals surface area contributed by atoms with Gasteiger partial charge in [-0.3, -0.25) is 9.88 Å². The molecule has 0 spiro atoms. The van der Waals surface area contributed by atoms with Crippen molar-refractivity contribution in [1.29, 1.82) is 0 Å². The van der Waals surface area contributed by atoms with Crippen molar-refractivity contribution in [3.8, 4) is 0 Å². The predicted octanol–water partition coefficient (Wildman–Crippen LogP) is 2.50. The van der Waals surface area contributed by atoms with Crippen molar-refractivity contribution in [2.75, 3.05) is 31.1 Å². The zero-order chi connectivity index (χ0) is 15.2. The lowest BCUT2D eigenvalue weighted by atomic mass is 10.2. The Hall–Kier alpha value is -1.13. The molecule has 2 heterocycles. The first kappa shape index (κ1) is 16.2. The van der Waals surface area contributed by atoms with Crippen molar-refractivity contribution < 1.29 is 0 Å². The Labute approximate surface area is 129 Å². The summed E-state index contributed by atoms with van der Waals surface area (Å²) >= 11 is 0. The summed E-state index contributed by atoms with van der Waals surface area (Å²) in [6, 6.07) is 3.36. The number of pyridine rings is 1. The molecular weight excluding hydrogens is 260 g/mol. The lowest BCUT2D eigenvalue weighted by Gasteiger charge is -2.27. The number of aromatic nitrogens is 1. The minimum absolute atomic E-state index is 0.500. The minimum atomic E-state index is 0.500. The van der Waals surface area contributed by atoms with E-state index in [-0.39, 0.29) is 0 Å². The maximum absolute atomic E-state index is 4.30. The van der Waals surface area contributed by atoms with E-state index in [1.54, 1.807) is 0 Å². The van der Waals surface area contributed by atoms with E-state index < -0.39 is 0 Å². The minimum Gasteiger partial charge on any atom is -0.370 e. The van der Waals surface area contributed by atoms with Crippen LogP contribution in [0.2, 0.25) is 0 Å².